The number of rotatable bonds is 9. The number of nitrogens with two attached hydrogens (primary N) is 1. The maximum absolute atomic E-state index is 15.7. The number of primary amides is 1. The van der Waals surface area contributed by atoms with Gasteiger partial charge in [0.1, 0.15) is 17.6 Å². The molecule has 6 rings (SSSR count). The fourth-order valence-electron chi connectivity index (χ4n) is 6.63. The average molecular weight is 731 g/mol. The predicted molar refractivity (Wildman–Crippen MR) is 187 cm³/mol. The van der Waals surface area contributed by atoms with Crippen molar-refractivity contribution < 1.29 is 37.7 Å². The summed E-state index contributed by atoms with van der Waals surface area (Å²) in [6.07, 6.45) is 0. The van der Waals surface area contributed by atoms with Gasteiger partial charge in [0.25, 0.3) is 5.91 Å². The fraction of sp³-hybridized carbons (Fsp3) is 0.400. The topological polar surface area (TPSA) is 127 Å². The molecule has 3 aromatic rings. The number of para-hydroxylation sites is 1. The molecule has 0 aliphatic carbocycles. The number of piperazine rings is 1. The molecule has 0 saturated carbocycles. The largest absolute Gasteiger partial charge is 0.472 e. The third-order valence-electron chi connectivity index (χ3n) is 9.22. The molecule has 2 N–H and O–H groups in total. The monoisotopic (exact) mass is 729 g/mol. The number of hydrogen-bond acceptors (Lipinski definition) is 10. The van der Waals surface area contributed by atoms with Gasteiger partial charge in [0.15, 0.2) is 6.73 Å². The van der Waals surface area contributed by atoms with Gasteiger partial charge in [-0.2, -0.15) is 0 Å². The van der Waals surface area contributed by atoms with Crippen LogP contribution >= 0.6 is 23.2 Å². The lowest BCUT2D eigenvalue weighted by atomic mass is 9.97. The first-order valence-electron chi connectivity index (χ1n) is 16.2. The quantitative estimate of drug-likeness (QED) is 0.323. The SMILES string of the molecule is COCCN1CCN(c2cc(Cl)c(C(=O)N3COc4c(cccc4-c4cc(N5CCOCC5)c(C(=O)OC)cc4F)C3)c(Cl)c2)[C@@H](C(N)=O)C1. The van der Waals surface area contributed by atoms with Gasteiger partial charge >= 0.3 is 5.97 Å². The smallest absolute Gasteiger partial charge is 0.340 e. The van der Waals surface area contributed by atoms with Gasteiger partial charge in [-0.1, -0.05) is 41.4 Å². The molecule has 3 heterocycles. The van der Waals surface area contributed by atoms with Crippen LogP contribution in [0.4, 0.5) is 15.8 Å². The van der Waals surface area contributed by atoms with Crippen molar-refractivity contribution in [3.8, 4) is 16.9 Å². The Balaban J connectivity index is 1.25. The van der Waals surface area contributed by atoms with Crippen molar-refractivity contribution in [1.29, 1.82) is 0 Å². The zero-order chi connectivity index (χ0) is 35.5. The Bertz CT molecular complexity index is 1770. The van der Waals surface area contributed by atoms with E-state index in [-0.39, 0.29) is 40.0 Å². The van der Waals surface area contributed by atoms with E-state index in [1.165, 1.54) is 18.1 Å². The van der Waals surface area contributed by atoms with Gasteiger partial charge in [-0.3, -0.25) is 14.5 Å². The molecule has 0 aromatic heterocycles. The van der Waals surface area contributed by atoms with E-state index in [1.54, 1.807) is 43.5 Å². The van der Waals surface area contributed by atoms with Gasteiger partial charge in [0.2, 0.25) is 5.91 Å². The molecule has 3 aliphatic heterocycles. The second kappa shape index (κ2) is 15.4. The molecule has 3 aromatic carbocycles. The van der Waals surface area contributed by atoms with E-state index >= 15 is 4.39 Å². The Kier molecular flexibility index (Phi) is 11.0. The van der Waals surface area contributed by atoms with Gasteiger partial charge in [0, 0.05) is 68.8 Å². The highest BCUT2D eigenvalue weighted by molar-refractivity contribution is 6.40. The van der Waals surface area contributed by atoms with E-state index in [2.05, 4.69) is 4.90 Å². The highest BCUT2D eigenvalue weighted by atomic mass is 35.5. The Morgan fingerprint density at radius 1 is 1.00 bits per heavy atom. The number of nitrogens with zero attached hydrogens (tertiary/aromatic N) is 4. The summed E-state index contributed by atoms with van der Waals surface area (Å²) in [5, 5.41) is 0.232. The van der Waals surface area contributed by atoms with Crippen molar-refractivity contribution in [1.82, 2.24) is 9.80 Å². The number of morpholine rings is 1. The van der Waals surface area contributed by atoms with Crippen LogP contribution in [0, 0.1) is 5.82 Å². The number of anilines is 2. The summed E-state index contributed by atoms with van der Waals surface area (Å²) < 4.78 is 37.5. The van der Waals surface area contributed by atoms with Crippen molar-refractivity contribution in [2.24, 2.45) is 5.73 Å². The minimum absolute atomic E-state index is 0.0919. The Labute approximate surface area is 299 Å². The molecule has 50 heavy (non-hydrogen) atoms. The van der Waals surface area contributed by atoms with Crippen molar-refractivity contribution in [3.05, 3.63) is 75.0 Å². The van der Waals surface area contributed by atoms with Crippen molar-refractivity contribution >= 4 is 52.4 Å². The molecule has 1 atom stereocenters. The molecule has 0 spiro atoms. The molecule has 0 unspecified atom stereocenters. The van der Waals surface area contributed by atoms with Crippen LogP contribution in [0.15, 0.2) is 42.5 Å². The molecule has 266 valence electrons. The molecule has 0 radical (unpaired) electrons. The third-order valence-corrected chi connectivity index (χ3v) is 9.82. The van der Waals surface area contributed by atoms with Crippen molar-refractivity contribution in [3.63, 3.8) is 0 Å². The first-order chi connectivity index (χ1) is 24.1. The van der Waals surface area contributed by atoms with E-state index in [0.29, 0.717) is 87.3 Å². The number of carbonyl (C=O) groups is 3. The van der Waals surface area contributed by atoms with E-state index in [4.69, 9.17) is 47.9 Å². The minimum atomic E-state index is -0.643. The van der Waals surface area contributed by atoms with Gasteiger partial charge in [-0.05, 0) is 24.3 Å². The molecule has 3 aliphatic rings. The lowest BCUT2D eigenvalue weighted by molar-refractivity contribution is -0.120. The second-order valence-corrected chi connectivity index (χ2v) is 13.0. The number of carbonyl (C=O) groups excluding carboxylic acids is 3. The lowest BCUT2D eigenvalue weighted by Crippen LogP contribution is -2.58. The number of ether oxygens (including phenoxy) is 4. The Hall–Kier alpha value is -4.14. The zero-order valence-corrected chi connectivity index (χ0v) is 29.3. The summed E-state index contributed by atoms with van der Waals surface area (Å²) in [6.45, 7) is 4.76. The first-order valence-corrected chi connectivity index (χ1v) is 16.9. The highest BCUT2D eigenvalue weighted by Crippen LogP contribution is 2.41. The maximum atomic E-state index is 15.7. The molecule has 2 fully saturated rings. The van der Waals surface area contributed by atoms with Crippen LogP contribution in [-0.4, -0.2) is 114 Å². The summed E-state index contributed by atoms with van der Waals surface area (Å²) >= 11 is 13.4. The number of halogens is 3. The Morgan fingerprint density at radius 3 is 2.42 bits per heavy atom. The predicted octanol–water partition coefficient (Wildman–Crippen LogP) is 4.04. The van der Waals surface area contributed by atoms with Gasteiger partial charge in [-0.25, -0.2) is 9.18 Å². The van der Waals surface area contributed by atoms with E-state index in [9.17, 15) is 14.4 Å². The second-order valence-electron chi connectivity index (χ2n) is 12.2. The van der Waals surface area contributed by atoms with Crippen molar-refractivity contribution in [2.45, 2.75) is 12.6 Å². The van der Waals surface area contributed by atoms with Gasteiger partial charge < -0.3 is 39.4 Å². The first kappa shape index (κ1) is 35.7. The van der Waals surface area contributed by atoms with Crippen LogP contribution in [0.3, 0.4) is 0 Å². The fourth-order valence-corrected chi connectivity index (χ4v) is 7.26. The van der Waals surface area contributed by atoms with Gasteiger partial charge in [-0.15, -0.1) is 0 Å². The van der Waals surface area contributed by atoms with Crippen LogP contribution in [0.5, 0.6) is 5.75 Å². The van der Waals surface area contributed by atoms with Crippen LogP contribution in [0.25, 0.3) is 11.1 Å². The normalized spacial score (nSPS) is 18.0. The van der Waals surface area contributed by atoms with E-state index < -0.39 is 29.6 Å². The molecule has 15 heteroatoms. The number of benzene rings is 3. The van der Waals surface area contributed by atoms with Gasteiger partial charge in [0.05, 0.1) is 60.3 Å². The standard InChI is InChI=1S/C35H38Cl2FN5O7/c1-47-11-8-40-6-7-43(30(19-40)33(39)44)22-14-26(36)31(27(37)15-22)34(45)42-18-21-4-3-5-23(32(21)50-20-42)24-17-29(41-9-12-49-13-10-41)25(16-28(24)38)35(46)48-2/h3-5,14-17,30H,6-13,18-20H2,1-2H3,(H2,39,44)/t30-/m1/s1. The van der Waals surface area contributed by atoms with Crippen molar-refractivity contribution in [2.75, 3.05) is 89.8 Å². The summed E-state index contributed by atoms with van der Waals surface area (Å²) in [7, 11) is 2.88. The minimum Gasteiger partial charge on any atom is -0.472 e. The molecular formula is C35H38Cl2FN5O7. The molecular weight excluding hydrogens is 692 g/mol. The number of fused-ring (bicyclic) bond motifs is 1. The van der Waals surface area contributed by atoms with Crippen LogP contribution < -0.4 is 20.3 Å². The number of hydrogen-bond donors (Lipinski definition) is 1. The zero-order valence-electron chi connectivity index (χ0n) is 27.8. The molecule has 0 bridgehead atoms. The summed E-state index contributed by atoms with van der Waals surface area (Å²) in [6, 6.07) is 10.7. The Morgan fingerprint density at radius 2 is 1.74 bits per heavy atom. The molecule has 12 nitrogen and oxygen atoms in total. The summed E-state index contributed by atoms with van der Waals surface area (Å²) in [5.41, 5.74) is 8.46. The van der Waals surface area contributed by atoms with Crippen LogP contribution in [0.1, 0.15) is 26.3 Å². The summed E-state index contributed by atoms with van der Waals surface area (Å²) in [4.78, 5) is 46.3. The number of esters is 1. The van der Waals surface area contributed by atoms with Crippen LogP contribution in [0.2, 0.25) is 10.0 Å². The highest BCUT2D eigenvalue weighted by Gasteiger charge is 2.34. The van der Waals surface area contributed by atoms with E-state index in [1.807, 2.05) is 9.80 Å². The third kappa shape index (κ3) is 7.19. The molecule has 2 amide bonds. The maximum Gasteiger partial charge on any atom is 0.340 e. The number of methoxy groups -OCH3 is 2. The average Bonchev–Trinajstić information content (AvgIpc) is 3.12. The lowest BCUT2D eigenvalue weighted by Gasteiger charge is -2.41. The molecule has 2 saturated heterocycles. The summed E-state index contributed by atoms with van der Waals surface area (Å²) in [5.74, 6) is -1.78. The van der Waals surface area contributed by atoms with E-state index in [0.717, 1.165) is 0 Å². The number of amides is 2. The van der Waals surface area contributed by atoms with Crippen LogP contribution in [-0.2, 0) is 25.5 Å².